The molecule has 1 saturated heterocycles. The van der Waals surface area contributed by atoms with Gasteiger partial charge in [0.1, 0.15) is 0 Å². The van der Waals surface area contributed by atoms with Gasteiger partial charge in [0, 0.05) is 5.56 Å². The van der Waals surface area contributed by atoms with Gasteiger partial charge >= 0.3 is 0 Å². The fourth-order valence-corrected chi connectivity index (χ4v) is 2.04. The first kappa shape index (κ1) is 14.5. The van der Waals surface area contributed by atoms with E-state index in [2.05, 4.69) is 5.10 Å². The molecule has 0 aromatic heterocycles. The molecule has 6 nitrogen and oxygen atoms in total. The van der Waals surface area contributed by atoms with Gasteiger partial charge in [-0.1, -0.05) is 0 Å². The van der Waals surface area contributed by atoms with Gasteiger partial charge in [-0.05, 0) is 12.1 Å². The smallest absolute Gasteiger partial charge is 0.203 e. The first-order valence-electron chi connectivity index (χ1n) is 6.45. The van der Waals surface area contributed by atoms with E-state index in [0.717, 1.165) is 18.7 Å². The van der Waals surface area contributed by atoms with E-state index in [1.165, 1.54) is 0 Å². The standard InChI is InChI=1S/C14H20N2O4/c1-17-12-5-4-11(13(18-2)14(12)19-3)10-15-16-6-8-20-9-7-16/h4-5,10H,6-9H2,1-3H3/b15-10+. The summed E-state index contributed by atoms with van der Waals surface area (Å²) in [5, 5.41) is 6.42. The lowest BCUT2D eigenvalue weighted by Gasteiger charge is -2.23. The van der Waals surface area contributed by atoms with Gasteiger partial charge < -0.3 is 18.9 Å². The second kappa shape index (κ2) is 7.00. The van der Waals surface area contributed by atoms with Gasteiger partial charge in [0.15, 0.2) is 11.5 Å². The molecule has 0 spiro atoms. The number of morpholine rings is 1. The van der Waals surface area contributed by atoms with Crippen LogP contribution in [-0.2, 0) is 4.74 Å². The van der Waals surface area contributed by atoms with E-state index in [1.54, 1.807) is 27.5 Å². The molecule has 1 fully saturated rings. The Kier molecular flexibility index (Phi) is 5.06. The number of hydrogen-bond acceptors (Lipinski definition) is 6. The van der Waals surface area contributed by atoms with E-state index in [4.69, 9.17) is 18.9 Å². The van der Waals surface area contributed by atoms with Gasteiger partial charge in [-0.3, -0.25) is 5.01 Å². The quantitative estimate of drug-likeness (QED) is 0.763. The van der Waals surface area contributed by atoms with Crippen molar-refractivity contribution in [1.29, 1.82) is 0 Å². The van der Waals surface area contributed by atoms with Crippen LogP contribution in [0.5, 0.6) is 17.2 Å². The van der Waals surface area contributed by atoms with Crippen molar-refractivity contribution in [3.63, 3.8) is 0 Å². The molecule has 0 bridgehead atoms. The highest BCUT2D eigenvalue weighted by molar-refractivity contribution is 5.86. The molecule has 1 aliphatic rings. The van der Waals surface area contributed by atoms with Crippen LogP contribution in [-0.4, -0.2) is 58.9 Å². The number of ether oxygens (including phenoxy) is 4. The lowest BCUT2D eigenvalue weighted by atomic mass is 10.2. The summed E-state index contributed by atoms with van der Waals surface area (Å²) in [6, 6.07) is 3.73. The number of methoxy groups -OCH3 is 3. The molecule has 0 radical (unpaired) electrons. The SMILES string of the molecule is COc1ccc(/C=N/N2CCOCC2)c(OC)c1OC. The molecule has 110 valence electrons. The molecule has 6 heteroatoms. The Bertz CT molecular complexity index is 470. The zero-order valence-electron chi connectivity index (χ0n) is 12.1. The van der Waals surface area contributed by atoms with Crippen molar-refractivity contribution in [1.82, 2.24) is 5.01 Å². The highest BCUT2D eigenvalue weighted by Gasteiger charge is 2.15. The third kappa shape index (κ3) is 3.14. The molecule has 0 saturated carbocycles. The molecule has 0 atom stereocenters. The van der Waals surface area contributed by atoms with Crippen molar-refractivity contribution in [2.75, 3.05) is 47.6 Å². The van der Waals surface area contributed by atoms with Crippen LogP contribution >= 0.6 is 0 Å². The maximum Gasteiger partial charge on any atom is 0.203 e. The molecule has 1 aromatic carbocycles. The summed E-state index contributed by atoms with van der Waals surface area (Å²) >= 11 is 0. The molecule has 0 aliphatic carbocycles. The van der Waals surface area contributed by atoms with Crippen molar-refractivity contribution in [2.45, 2.75) is 0 Å². The summed E-state index contributed by atoms with van der Waals surface area (Å²) in [7, 11) is 4.78. The lowest BCUT2D eigenvalue weighted by molar-refractivity contribution is 0.0397. The lowest BCUT2D eigenvalue weighted by Crippen LogP contribution is -2.32. The summed E-state index contributed by atoms with van der Waals surface area (Å²) in [6.07, 6.45) is 1.77. The maximum atomic E-state index is 5.41. The van der Waals surface area contributed by atoms with Gasteiger partial charge in [0.25, 0.3) is 0 Å². The zero-order chi connectivity index (χ0) is 14.4. The molecule has 1 heterocycles. The average molecular weight is 280 g/mol. The minimum absolute atomic E-state index is 0.570. The Morgan fingerprint density at radius 2 is 1.75 bits per heavy atom. The number of hydrogen-bond donors (Lipinski definition) is 0. The van der Waals surface area contributed by atoms with Crippen LogP contribution in [0.4, 0.5) is 0 Å². The van der Waals surface area contributed by atoms with E-state index in [0.29, 0.717) is 30.5 Å². The molecular formula is C14H20N2O4. The highest BCUT2D eigenvalue weighted by atomic mass is 16.5. The topological polar surface area (TPSA) is 52.5 Å². The van der Waals surface area contributed by atoms with Gasteiger partial charge in [-0.25, -0.2) is 0 Å². The van der Waals surface area contributed by atoms with Gasteiger partial charge in [-0.15, -0.1) is 0 Å². The van der Waals surface area contributed by atoms with Crippen LogP contribution in [0.1, 0.15) is 5.56 Å². The Morgan fingerprint density at radius 1 is 1.05 bits per heavy atom. The van der Waals surface area contributed by atoms with Gasteiger partial charge in [0.05, 0.1) is 53.8 Å². The molecule has 20 heavy (non-hydrogen) atoms. The number of benzene rings is 1. The van der Waals surface area contributed by atoms with Crippen molar-refractivity contribution in [3.05, 3.63) is 17.7 Å². The summed E-state index contributed by atoms with van der Waals surface area (Å²) in [5.74, 6) is 1.82. The van der Waals surface area contributed by atoms with E-state index in [9.17, 15) is 0 Å². The van der Waals surface area contributed by atoms with Gasteiger partial charge in [-0.2, -0.15) is 5.10 Å². The van der Waals surface area contributed by atoms with Crippen LogP contribution in [0.2, 0.25) is 0 Å². The van der Waals surface area contributed by atoms with Gasteiger partial charge in [0.2, 0.25) is 5.75 Å². The molecular weight excluding hydrogens is 260 g/mol. The molecule has 1 aliphatic heterocycles. The van der Waals surface area contributed by atoms with E-state index >= 15 is 0 Å². The Hall–Kier alpha value is -1.95. The second-order valence-electron chi connectivity index (χ2n) is 4.23. The third-order valence-electron chi connectivity index (χ3n) is 3.08. The second-order valence-corrected chi connectivity index (χ2v) is 4.23. The van der Waals surface area contributed by atoms with Crippen molar-refractivity contribution in [3.8, 4) is 17.2 Å². The zero-order valence-corrected chi connectivity index (χ0v) is 12.1. The fraction of sp³-hybridized carbons (Fsp3) is 0.500. The Balaban J connectivity index is 2.24. The maximum absolute atomic E-state index is 5.41. The van der Waals surface area contributed by atoms with E-state index in [1.807, 2.05) is 17.1 Å². The van der Waals surface area contributed by atoms with Crippen molar-refractivity contribution >= 4 is 6.21 Å². The largest absolute Gasteiger partial charge is 0.493 e. The minimum Gasteiger partial charge on any atom is -0.493 e. The number of rotatable bonds is 5. The normalized spacial score (nSPS) is 15.4. The van der Waals surface area contributed by atoms with Crippen molar-refractivity contribution in [2.24, 2.45) is 5.10 Å². The first-order valence-corrected chi connectivity index (χ1v) is 6.45. The molecule has 1 aromatic rings. The highest BCUT2D eigenvalue weighted by Crippen LogP contribution is 2.38. The Morgan fingerprint density at radius 3 is 2.35 bits per heavy atom. The fourth-order valence-electron chi connectivity index (χ4n) is 2.04. The first-order chi connectivity index (χ1) is 9.80. The Labute approximate surface area is 118 Å². The molecule has 0 N–H and O–H groups in total. The summed E-state index contributed by atoms with van der Waals surface area (Å²) in [4.78, 5) is 0. The molecule has 2 rings (SSSR count). The van der Waals surface area contributed by atoms with Crippen molar-refractivity contribution < 1.29 is 18.9 Å². The predicted octanol–water partition coefficient (Wildman–Crippen LogP) is 1.38. The van der Waals surface area contributed by atoms with Crippen LogP contribution in [0.25, 0.3) is 0 Å². The van der Waals surface area contributed by atoms with Crippen LogP contribution < -0.4 is 14.2 Å². The minimum atomic E-state index is 0.570. The molecule has 0 unspecified atom stereocenters. The van der Waals surface area contributed by atoms with Crippen LogP contribution in [0, 0.1) is 0 Å². The summed E-state index contributed by atoms with van der Waals surface area (Å²) < 4.78 is 21.3. The van der Waals surface area contributed by atoms with E-state index < -0.39 is 0 Å². The summed E-state index contributed by atoms with van der Waals surface area (Å²) in [5.41, 5.74) is 0.844. The predicted molar refractivity (Wildman–Crippen MR) is 76.1 cm³/mol. The number of nitrogens with zero attached hydrogens (tertiary/aromatic N) is 2. The van der Waals surface area contributed by atoms with Crippen LogP contribution in [0.15, 0.2) is 17.2 Å². The molecule has 0 amide bonds. The average Bonchev–Trinajstić information content (AvgIpc) is 2.52. The van der Waals surface area contributed by atoms with E-state index in [-0.39, 0.29) is 0 Å². The number of hydrazone groups is 1. The van der Waals surface area contributed by atoms with Crippen LogP contribution in [0.3, 0.4) is 0 Å². The third-order valence-corrected chi connectivity index (χ3v) is 3.08. The monoisotopic (exact) mass is 280 g/mol. The summed E-state index contributed by atoms with van der Waals surface area (Å²) in [6.45, 7) is 3.01.